The maximum Gasteiger partial charge on any atom is 0.270 e. The molecule has 25 heavy (non-hydrogen) atoms. The second kappa shape index (κ2) is 4.76. The van der Waals surface area contributed by atoms with Crippen LogP contribution in [0.5, 0.6) is 0 Å². The Kier molecular flexibility index (Phi) is 2.65. The number of hydrogen-bond acceptors (Lipinski definition) is 4. The molecule has 0 bridgehead atoms. The van der Waals surface area contributed by atoms with Crippen LogP contribution < -0.4 is 5.56 Å². The van der Waals surface area contributed by atoms with Gasteiger partial charge in [0.05, 0.1) is 21.5 Å². The lowest BCUT2D eigenvalue weighted by Gasteiger charge is -2.18. The Bertz CT molecular complexity index is 1250. The van der Waals surface area contributed by atoms with E-state index in [0.717, 1.165) is 22.2 Å². The lowest BCUT2D eigenvalue weighted by atomic mass is 10.0. The molecule has 0 fully saturated rings. The molecule has 0 spiro atoms. The molecule has 7 nitrogen and oxygen atoms in total. The van der Waals surface area contributed by atoms with Gasteiger partial charge in [-0.1, -0.05) is 18.2 Å². The number of aryl methyl sites for hydroxylation is 1. The van der Waals surface area contributed by atoms with E-state index in [-0.39, 0.29) is 16.6 Å². The minimum absolute atomic E-state index is 0.103. The van der Waals surface area contributed by atoms with Gasteiger partial charge in [-0.05, 0) is 24.1 Å². The fourth-order valence-corrected chi connectivity index (χ4v) is 3.59. The second-order valence-electron chi connectivity index (χ2n) is 6.12. The van der Waals surface area contributed by atoms with Crippen LogP contribution in [0.25, 0.3) is 33.3 Å². The molecule has 1 N–H and O–H groups in total. The van der Waals surface area contributed by atoms with Gasteiger partial charge in [0.25, 0.3) is 11.2 Å². The molecule has 3 heterocycles. The first-order chi connectivity index (χ1) is 12.1. The van der Waals surface area contributed by atoms with Crippen LogP contribution in [-0.2, 0) is 13.0 Å². The molecule has 0 aliphatic carbocycles. The van der Waals surface area contributed by atoms with Crippen LogP contribution in [0.4, 0.5) is 5.69 Å². The van der Waals surface area contributed by atoms with Crippen LogP contribution in [0.1, 0.15) is 5.56 Å². The van der Waals surface area contributed by atoms with E-state index in [4.69, 9.17) is 0 Å². The number of benzene rings is 2. The summed E-state index contributed by atoms with van der Waals surface area (Å²) in [5, 5.41) is 12.4. The van der Waals surface area contributed by atoms with Gasteiger partial charge in [-0.25, -0.2) is 4.98 Å². The summed E-state index contributed by atoms with van der Waals surface area (Å²) in [5.41, 5.74) is 3.14. The minimum Gasteiger partial charge on any atom is -0.352 e. The van der Waals surface area contributed by atoms with Crippen molar-refractivity contribution >= 4 is 27.5 Å². The van der Waals surface area contributed by atoms with Gasteiger partial charge in [0.15, 0.2) is 5.82 Å². The molecule has 0 atom stereocenters. The van der Waals surface area contributed by atoms with E-state index in [1.165, 1.54) is 18.2 Å². The molecule has 122 valence electrons. The zero-order chi connectivity index (χ0) is 17.1. The highest BCUT2D eigenvalue weighted by molar-refractivity contribution is 5.91. The normalized spacial score (nSPS) is 13.0. The first-order valence-electron chi connectivity index (χ1n) is 7.92. The Hall–Kier alpha value is -3.48. The first-order valence-corrected chi connectivity index (χ1v) is 7.92. The molecule has 4 aromatic rings. The smallest absolute Gasteiger partial charge is 0.270 e. The van der Waals surface area contributed by atoms with Gasteiger partial charge in [0, 0.05) is 29.6 Å². The lowest BCUT2D eigenvalue weighted by Crippen LogP contribution is -2.27. The average molecular weight is 332 g/mol. The van der Waals surface area contributed by atoms with E-state index in [1.807, 2.05) is 18.2 Å². The Morgan fingerprint density at radius 2 is 2.00 bits per heavy atom. The summed E-state index contributed by atoms with van der Waals surface area (Å²) in [5.74, 6) is 0.587. The SMILES string of the molecule is O=c1c2cc([N+](=O)[O-])ccc2nc2n1CCc1c-2[nH]c2ccccc12. The van der Waals surface area contributed by atoms with Crippen molar-refractivity contribution in [3.63, 3.8) is 0 Å². The predicted octanol–water partition coefficient (Wildman–Crippen LogP) is 3.01. The lowest BCUT2D eigenvalue weighted by molar-refractivity contribution is -0.384. The van der Waals surface area contributed by atoms with Crippen LogP contribution in [-0.4, -0.2) is 19.5 Å². The molecule has 1 aliphatic rings. The topological polar surface area (TPSA) is 93.8 Å². The number of non-ortho nitro benzene ring substituents is 1. The van der Waals surface area contributed by atoms with Crippen LogP contribution in [0.3, 0.4) is 0 Å². The number of para-hydroxylation sites is 1. The summed E-state index contributed by atoms with van der Waals surface area (Å²) in [6.07, 6.45) is 0.717. The highest BCUT2D eigenvalue weighted by Gasteiger charge is 2.24. The third-order valence-corrected chi connectivity index (χ3v) is 4.77. The minimum atomic E-state index is -0.501. The summed E-state index contributed by atoms with van der Waals surface area (Å²) in [6.45, 7) is 0.509. The number of nitrogens with zero attached hydrogens (tertiary/aromatic N) is 3. The molecule has 0 amide bonds. The molecule has 1 aliphatic heterocycles. The molecule has 5 rings (SSSR count). The summed E-state index contributed by atoms with van der Waals surface area (Å²) >= 11 is 0. The van der Waals surface area contributed by atoms with Gasteiger partial charge >= 0.3 is 0 Å². The average Bonchev–Trinajstić information content (AvgIpc) is 3.01. The van der Waals surface area contributed by atoms with Gasteiger partial charge in [-0.2, -0.15) is 0 Å². The third kappa shape index (κ3) is 1.86. The second-order valence-corrected chi connectivity index (χ2v) is 6.12. The van der Waals surface area contributed by atoms with Gasteiger partial charge < -0.3 is 4.98 Å². The fraction of sp³-hybridized carbons (Fsp3) is 0.111. The molecule has 0 unspecified atom stereocenters. The Balaban J connectivity index is 1.84. The highest BCUT2D eigenvalue weighted by atomic mass is 16.6. The number of hydrogen-bond donors (Lipinski definition) is 1. The number of fused-ring (bicyclic) bond motifs is 6. The van der Waals surface area contributed by atoms with Crippen LogP contribution in [0.2, 0.25) is 0 Å². The molecule has 0 saturated carbocycles. The van der Waals surface area contributed by atoms with E-state index in [0.29, 0.717) is 24.3 Å². The van der Waals surface area contributed by atoms with E-state index < -0.39 is 4.92 Å². The molecule has 7 heteroatoms. The standard InChI is InChI=1S/C18H12N4O3/c23-18-13-9-10(22(24)25)5-6-15(13)20-17-16-12(7-8-21(17)18)11-3-1-2-4-14(11)19-16/h1-6,9,19H,7-8H2. The third-order valence-electron chi connectivity index (χ3n) is 4.77. The Morgan fingerprint density at radius 1 is 1.16 bits per heavy atom. The van der Waals surface area contributed by atoms with Crippen molar-refractivity contribution in [3.8, 4) is 11.5 Å². The van der Waals surface area contributed by atoms with Gasteiger partial charge in [0.2, 0.25) is 0 Å². The number of rotatable bonds is 1. The molecular formula is C18H12N4O3. The monoisotopic (exact) mass is 332 g/mol. The Labute approximate surface area is 140 Å². The van der Waals surface area contributed by atoms with E-state index in [9.17, 15) is 14.9 Å². The van der Waals surface area contributed by atoms with Gasteiger partial charge in [-0.3, -0.25) is 19.5 Å². The van der Waals surface area contributed by atoms with Crippen molar-refractivity contribution in [2.24, 2.45) is 0 Å². The van der Waals surface area contributed by atoms with Crippen molar-refractivity contribution in [3.05, 3.63) is 68.5 Å². The van der Waals surface area contributed by atoms with E-state index in [1.54, 1.807) is 4.57 Å². The maximum absolute atomic E-state index is 12.9. The summed E-state index contributed by atoms with van der Waals surface area (Å²) in [4.78, 5) is 31.3. The number of nitrogens with one attached hydrogen (secondary N) is 1. The first kappa shape index (κ1) is 13.9. The molecule has 0 saturated heterocycles. The van der Waals surface area contributed by atoms with E-state index in [2.05, 4.69) is 16.0 Å². The Morgan fingerprint density at radius 3 is 2.84 bits per heavy atom. The largest absolute Gasteiger partial charge is 0.352 e. The number of nitro benzene ring substituents is 1. The quantitative estimate of drug-likeness (QED) is 0.428. The number of aromatic amines is 1. The summed E-state index contributed by atoms with van der Waals surface area (Å²) in [7, 11) is 0. The zero-order valence-corrected chi connectivity index (χ0v) is 13.0. The predicted molar refractivity (Wildman–Crippen MR) is 93.7 cm³/mol. The molecule has 2 aromatic carbocycles. The number of nitro groups is 1. The highest BCUT2D eigenvalue weighted by Crippen LogP contribution is 2.33. The molecule has 2 aromatic heterocycles. The maximum atomic E-state index is 12.9. The summed E-state index contributed by atoms with van der Waals surface area (Å²) in [6, 6.07) is 12.2. The van der Waals surface area contributed by atoms with Crippen LogP contribution in [0, 0.1) is 10.1 Å². The van der Waals surface area contributed by atoms with Crippen LogP contribution in [0.15, 0.2) is 47.3 Å². The van der Waals surface area contributed by atoms with Crippen molar-refractivity contribution < 1.29 is 4.92 Å². The number of H-pyrrole nitrogens is 1. The van der Waals surface area contributed by atoms with Gasteiger partial charge in [0.1, 0.15) is 0 Å². The van der Waals surface area contributed by atoms with Gasteiger partial charge in [-0.15, -0.1) is 0 Å². The number of aromatic nitrogens is 3. The van der Waals surface area contributed by atoms with Crippen molar-refractivity contribution in [2.45, 2.75) is 13.0 Å². The van der Waals surface area contributed by atoms with Crippen LogP contribution >= 0.6 is 0 Å². The molecule has 0 radical (unpaired) electrons. The summed E-state index contributed by atoms with van der Waals surface area (Å²) < 4.78 is 1.60. The van der Waals surface area contributed by atoms with Crippen molar-refractivity contribution in [1.29, 1.82) is 0 Å². The van der Waals surface area contributed by atoms with E-state index >= 15 is 0 Å². The van der Waals surface area contributed by atoms with Crippen molar-refractivity contribution in [1.82, 2.24) is 14.5 Å². The zero-order valence-electron chi connectivity index (χ0n) is 13.0. The fourth-order valence-electron chi connectivity index (χ4n) is 3.59. The van der Waals surface area contributed by atoms with Crippen molar-refractivity contribution in [2.75, 3.05) is 0 Å². The molecular weight excluding hydrogens is 320 g/mol.